The van der Waals surface area contributed by atoms with Crippen LogP contribution in [0.5, 0.6) is 0 Å². The predicted octanol–water partition coefficient (Wildman–Crippen LogP) is -1.03. The maximum atomic E-state index is 12.0. The minimum absolute atomic E-state index is 0.0330. The van der Waals surface area contributed by atoms with Gasteiger partial charge in [0.1, 0.15) is 5.82 Å². The maximum Gasteiger partial charge on any atom is 0.274 e. The summed E-state index contributed by atoms with van der Waals surface area (Å²) in [6, 6.07) is 1.51. The zero-order valence-corrected chi connectivity index (χ0v) is 9.23. The number of anilines is 1. The summed E-state index contributed by atoms with van der Waals surface area (Å²) in [6.45, 7) is 1.49. The van der Waals surface area contributed by atoms with Crippen LogP contribution in [0.4, 0.5) is 5.82 Å². The Morgan fingerprint density at radius 3 is 2.88 bits per heavy atom. The van der Waals surface area contributed by atoms with Gasteiger partial charge in [0.25, 0.3) is 11.1 Å². The molecule has 0 aliphatic heterocycles. The number of hydrogen-bond acceptors (Lipinski definition) is 5. The highest BCUT2D eigenvalue weighted by atomic mass is 16.3. The summed E-state index contributed by atoms with van der Waals surface area (Å²) in [5.41, 5.74) is 5.30. The van der Waals surface area contributed by atoms with Gasteiger partial charge in [-0.25, -0.2) is 9.67 Å². The molecule has 2 heterocycles. The van der Waals surface area contributed by atoms with Crippen molar-refractivity contribution in [2.75, 3.05) is 12.3 Å². The van der Waals surface area contributed by atoms with Crippen LogP contribution in [0.2, 0.25) is 0 Å². The number of fused-ring (bicyclic) bond motifs is 1. The summed E-state index contributed by atoms with van der Waals surface area (Å²) < 4.78 is 1.06. The van der Waals surface area contributed by atoms with E-state index >= 15 is 0 Å². The molecule has 0 fully saturated rings. The van der Waals surface area contributed by atoms with Gasteiger partial charge in [0.05, 0.1) is 23.9 Å². The first-order chi connectivity index (χ1) is 8.04. The Hall–Kier alpha value is -2.15. The van der Waals surface area contributed by atoms with Crippen LogP contribution >= 0.6 is 0 Å². The normalized spacial score (nSPS) is 10.9. The number of aliphatic hydroxyl groups excluding tert-OH is 1. The highest BCUT2D eigenvalue weighted by Gasteiger charge is 2.11. The van der Waals surface area contributed by atoms with E-state index in [-0.39, 0.29) is 29.7 Å². The van der Waals surface area contributed by atoms with Gasteiger partial charge in [-0.05, 0) is 13.0 Å². The first-order valence-electron chi connectivity index (χ1n) is 5.05. The molecule has 0 unspecified atom stereocenters. The van der Waals surface area contributed by atoms with Crippen LogP contribution in [0.3, 0.4) is 0 Å². The standard InChI is InChI=1S/C10H12N4O3/c1-5-4-6-7(8(11)12-5)9(16)13-14(2-3-15)10(6)17/h4,15H,2-3H2,1H3,(H2,11,12)(H,13,16). The predicted molar refractivity (Wildman–Crippen MR) is 62.9 cm³/mol. The molecule has 0 atom stereocenters. The zero-order valence-electron chi connectivity index (χ0n) is 9.23. The van der Waals surface area contributed by atoms with Gasteiger partial charge in [0.15, 0.2) is 0 Å². The third-order valence-electron chi connectivity index (χ3n) is 2.44. The highest BCUT2D eigenvalue weighted by molar-refractivity contribution is 5.89. The second-order valence-corrected chi connectivity index (χ2v) is 3.69. The number of aromatic nitrogens is 3. The molecule has 7 nitrogen and oxygen atoms in total. The van der Waals surface area contributed by atoms with Crippen molar-refractivity contribution >= 4 is 16.6 Å². The number of H-pyrrole nitrogens is 1. The van der Waals surface area contributed by atoms with Crippen LogP contribution < -0.4 is 16.9 Å². The number of nitrogens with two attached hydrogens (primary N) is 1. The van der Waals surface area contributed by atoms with E-state index in [0.717, 1.165) is 4.68 Å². The Morgan fingerprint density at radius 2 is 2.24 bits per heavy atom. The largest absolute Gasteiger partial charge is 0.394 e. The molecule has 0 radical (unpaired) electrons. The number of nitrogens with one attached hydrogen (secondary N) is 1. The van der Waals surface area contributed by atoms with Gasteiger partial charge in [-0.3, -0.25) is 14.7 Å². The fourth-order valence-electron chi connectivity index (χ4n) is 1.74. The van der Waals surface area contributed by atoms with Gasteiger partial charge in [-0.1, -0.05) is 0 Å². The zero-order chi connectivity index (χ0) is 12.6. The summed E-state index contributed by atoms with van der Waals surface area (Å²) in [6.07, 6.45) is 0. The Kier molecular flexibility index (Phi) is 2.68. The van der Waals surface area contributed by atoms with Gasteiger partial charge >= 0.3 is 0 Å². The molecule has 2 aromatic rings. The molecule has 4 N–H and O–H groups in total. The lowest BCUT2D eigenvalue weighted by Crippen LogP contribution is -2.31. The SMILES string of the molecule is Cc1cc2c(=O)n(CCO)[nH]c(=O)c2c(N)n1. The van der Waals surface area contributed by atoms with Crippen LogP contribution in [0.15, 0.2) is 15.7 Å². The van der Waals surface area contributed by atoms with Crippen molar-refractivity contribution in [2.45, 2.75) is 13.5 Å². The van der Waals surface area contributed by atoms with Crippen molar-refractivity contribution in [3.8, 4) is 0 Å². The summed E-state index contributed by atoms with van der Waals surface area (Å²) in [5.74, 6) is 0.0366. The van der Waals surface area contributed by atoms with Crippen LogP contribution in [0.1, 0.15) is 5.69 Å². The number of nitrogens with zero attached hydrogens (tertiary/aromatic N) is 2. The molecule has 0 aromatic carbocycles. The van der Waals surface area contributed by atoms with Gasteiger partial charge in [-0.2, -0.15) is 0 Å². The fourth-order valence-corrected chi connectivity index (χ4v) is 1.74. The maximum absolute atomic E-state index is 12.0. The molecular formula is C10H12N4O3. The number of hydrogen-bond donors (Lipinski definition) is 3. The van der Waals surface area contributed by atoms with E-state index in [4.69, 9.17) is 10.8 Å². The van der Waals surface area contributed by atoms with Crippen molar-refractivity contribution in [3.63, 3.8) is 0 Å². The van der Waals surface area contributed by atoms with Crippen LogP contribution in [0, 0.1) is 6.92 Å². The van der Waals surface area contributed by atoms with Crippen LogP contribution in [-0.2, 0) is 6.54 Å². The van der Waals surface area contributed by atoms with E-state index < -0.39 is 11.1 Å². The molecule has 0 amide bonds. The molecule has 0 saturated heterocycles. The number of aromatic amines is 1. The number of aryl methyl sites for hydroxylation is 1. The summed E-state index contributed by atoms with van der Waals surface area (Å²) >= 11 is 0. The molecule has 0 saturated carbocycles. The van der Waals surface area contributed by atoms with Crippen molar-refractivity contribution in [1.29, 1.82) is 0 Å². The van der Waals surface area contributed by atoms with E-state index in [1.54, 1.807) is 6.92 Å². The number of nitrogen functional groups attached to an aromatic ring is 1. The third kappa shape index (κ3) is 1.80. The van der Waals surface area contributed by atoms with Crippen molar-refractivity contribution in [2.24, 2.45) is 0 Å². The van der Waals surface area contributed by atoms with E-state index in [1.165, 1.54) is 6.07 Å². The summed E-state index contributed by atoms with van der Waals surface area (Å²) in [4.78, 5) is 27.7. The second kappa shape index (κ2) is 4.02. The fraction of sp³-hybridized carbons (Fsp3) is 0.300. The number of pyridine rings is 1. The van der Waals surface area contributed by atoms with Crippen LogP contribution in [0.25, 0.3) is 10.8 Å². The lowest BCUT2D eigenvalue weighted by Gasteiger charge is -2.06. The number of aliphatic hydroxyl groups is 1. The Morgan fingerprint density at radius 1 is 1.53 bits per heavy atom. The van der Waals surface area contributed by atoms with Gasteiger partial charge in [-0.15, -0.1) is 0 Å². The average Bonchev–Trinajstić information content (AvgIpc) is 2.24. The van der Waals surface area contributed by atoms with Crippen molar-refractivity contribution in [1.82, 2.24) is 14.8 Å². The van der Waals surface area contributed by atoms with Crippen LogP contribution in [-0.4, -0.2) is 26.5 Å². The molecule has 0 aliphatic rings. The van der Waals surface area contributed by atoms with E-state index in [1.807, 2.05) is 0 Å². The minimum atomic E-state index is -0.488. The molecule has 90 valence electrons. The average molecular weight is 236 g/mol. The molecule has 0 aliphatic carbocycles. The summed E-state index contributed by atoms with van der Waals surface area (Å²) in [5, 5.41) is 11.5. The minimum Gasteiger partial charge on any atom is -0.394 e. The molecule has 7 heteroatoms. The molecular weight excluding hydrogens is 224 g/mol. The van der Waals surface area contributed by atoms with E-state index in [9.17, 15) is 9.59 Å². The van der Waals surface area contributed by atoms with Crippen molar-refractivity contribution < 1.29 is 5.11 Å². The Balaban J connectivity index is 2.94. The molecule has 0 spiro atoms. The Bertz CT molecular complexity index is 686. The molecule has 2 rings (SSSR count). The monoisotopic (exact) mass is 236 g/mol. The van der Waals surface area contributed by atoms with E-state index in [2.05, 4.69) is 10.1 Å². The van der Waals surface area contributed by atoms with Gasteiger partial charge < -0.3 is 10.8 Å². The molecule has 0 bridgehead atoms. The second-order valence-electron chi connectivity index (χ2n) is 3.69. The van der Waals surface area contributed by atoms with Gasteiger partial charge in [0.2, 0.25) is 0 Å². The van der Waals surface area contributed by atoms with Gasteiger partial charge in [0, 0.05) is 5.69 Å². The smallest absolute Gasteiger partial charge is 0.274 e. The lowest BCUT2D eigenvalue weighted by atomic mass is 10.2. The number of rotatable bonds is 2. The quantitative estimate of drug-likeness (QED) is 0.616. The molecule has 17 heavy (non-hydrogen) atoms. The van der Waals surface area contributed by atoms with Crippen molar-refractivity contribution in [3.05, 3.63) is 32.5 Å². The highest BCUT2D eigenvalue weighted by Crippen LogP contribution is 2.12. The molecule has 2 aromatic heterocycles. The summed E-state index contributed by atoms with van der Waals surface area (Å²) in [7, 11) is 0. The van der Waals surface area contributed by atoms with E-state index in [0.29, 0.717) is 5.69 Å². The Labute approximate surface area is 95.5 Å². The third-order valence-corrected chi connectivity index (χ3v) is 2.44. The first kappa shape index (κ1) is 11.3. The topological polar surface area (TPSA) is 114 Å². The lowest BCUT2D eigenvalue weighted by molar-refractivity contribution is 0.266. The first-order valence-corrected chi connectivity index (χ1v) is 5.05.